The van der Waals surface area contributed by atoms with E-state index >= 15 is 0 Å². The van der Waals surface area contributed by atoms with Gasteiger partial charge in [-0.2, -0.15) is 18.3 Å². The molecule has 2 aromatic carbocycles. The summed E-state index contributed by atoms with van der Waals surface area (Å²) in [5.41, 5.74) is 3.63. The van der Waals surface area contributed by atoms with Crippen molar-refractivity contribution in [3.8, 4) is 28.3 Å². The van der Waals surface area contributed by atoms with Crippen molar-refractivity contribution < 1.29 is 27.8 Å². The number of rotatable bonds is 6. The quantitative estimate of drug-likeness (QED) is 0.436. The van der Waals surface area contributed by atoms with E-state index in [0.717, 1.165) is 48.8 Å². The van der Waals surface area contributed by atoms with Gasteiger partial charge >= 0.3 is 12.1 Å². The molecule has 33 heavy (non-hydrogen) atoms. The molecule has 1 heterocycles. The second kappa shape index (κ2) is 8.92. The molecule has 0 aliphatic heterocycles. The number of carboxylic acids is 1. The molecular formula is C25H25F3N2O3. The molecule has 1 fully saturated rings. The van der Waals surface area contributed by atoms with Crippen molar-refractivity contribution in [1.82, 2.24) is 10.2 Å². The number of aromatic nitrogens is 2. The molecular weight excluding hydrogens is 433 g/mol. The van der Waals surface area contributed by atoms with Gasteiger partial charge in [0.2, 0.25) is 0 Å². The molecule has 8 heteroatoms. The van der Waals surface area contributed by atoms with E-state index in [1.807, 2.05) is 12.1 Å². The van der Waals surface area contributed by atoms with E-state index in [4.69, 9.17) is 9.84 Å². The number of aromatic amines is 1. The average Bonchev–Trinajstić information content (AvgIpc) is 3.28. The van der Waals surface area contributed by atoms with E-state index in [-0.39, 0.29) is 16.7 Å². The third kappa shape index (κ3) is 5.21. The molecule has 4 rings (SSSR count). The van der Waals surface area contributed by atoms with Crippen molar-refractivity contribution in [3.63, 3.8) is 0 Å². The van der Waals surface area contributed by atoms with Gasteiger partial charge < -0.3 is 9.84 Å². The lowest BCUT2D eigenvalue weighted by atomic mass is 9.70. The van der Waals surface area contributed by atoms with Crippen LogP contribution in [0.3, 0.4) is 0 Å². The molecule has 2 N–H and O–H groups in total. The molecule has 3 aromatic rings. The maximum absolute atomic E-state index is 12.8. The highest BCUT2D eigenvalue weighted by Crippen LogP contribution is 2.44. The van der Waals surface area contributed by atoms with Gasteiger partial charge in [-0.1, -0.05) is 38.3 Å². The lowest BCUT2D eigenvalue weighted by Gasteiger charge is -2.35. The number of hydrogen-bond donors (Lipinski definition) is 2. The van der Waals surface area contributed by atoms with Gasteiger partial charge in [0.25, 0.3) is 0 Å². The number of nitrogens with zero attached hydrogens (tertiary/aromatic N) is 1. The van der Waals surface area contributed by atoms with Gasteiger partial charge in [-0.3, -0.25) is 5.10 Å². The van der Waals surface area contributed by atoms with Crippen molar-refractivity contribution >= 4 is 5.97 Å². The summed E-state index contributed by atoms with van der Waals surface area (Å²) in [6.07, 6.45) is 0.548. The number of carbonyl (C=O) groups is 1. The highest BCUT2D eigenvalue weighted by atomic mass is 19.4. The van der Waals surface area contributed by atoms with Crippen LogP contribution in [0.1, 0.15) is 54.9 Å². The Morgan fingerprint density at radius 1 is 1.06 bits per heavy atom. The molecule has 0 radical (unpaired) electrons. The van der Waals surface area contributed by atoms with Crippen LogP contribution in [0.15, 0.2) is 48.5 Å². The fourth-order valence-corrected chi connectivity index (χ4v) is 4.46. The molecule has 1 saturated carbocycles. The van der Waals surface area contributed by atoms with Gasteiger partial charge in [-0.05, 0) is 60.2 Å². The number of hydrogen-bond acceptors (Lipinski definition) is 3. The van der Waals surface area contributed by atoms with Crippen LogP contribution in [0.5, 0.6) is 5.75 Å². The van der Waals surface area contributed by atoms with Crippen molar-refractivity contribution in [2.75, 3.05) is 6.61 Å². The number of halogens is 3. The first-order valence-electron chi connectivity index (χ1n) is 10.9. The van der Waals surface area contributed by atoms with Crippen LogP contribution in [0.2, 0.25) is 0 Å². The molecule has 0 spiro atoms. The predicted octanol–water partition coefficient (Wildman–Crippen LogP) is 6.60. The Morgan fingerprint density at radius 2 is 1.73 bits per heavy atom. The molecule has 0 atom stereocenters. The zero-order chi connectivity index (χ0) is 23.6. The first-order chi connectivity index (χ1) is 15.6. The van der Waals surface area contributed by atoms with Crippen LogP contribution in [-0.2, 0) is 5.41 Å². The second-order valence-electron chi connectivity index (χ2n) is 8.79. The number of ether oxygens (including phenoxy) is 1. The highest BCUT2D eigenvalue weighted by Gasteiger charge is 2.34. The number of nitrogens with one attached hydrogen (secondary N) is 1. The molecule has 0 bridgehead atoms. The Kier molecular flexibility index (Phi) is 6.19. The van der Waals surface area contributed by atoms with Gasteiger partial charge in [-0.15, -0.1) is 0 Å². The van der Waals surface area contributed by atoms with E-state index in [1.54, 1.807) is 24.3 Å². The summed E-state index contributed by atoms with van der Waals surface area (Å²) in [6.45, 7) is 0.764. The fourth-order valence-electron chi connectivity index (χ4n) is 4.46. The molecule has 1 aliphatic carbocycles. The van der Waals surface area contributed by atoms with Crippen LogP contribution in [-0.4, -0.2) is 34.1 Å². The molecule has 174 valence electrons. The zero-order valence-electron chi connectivity index (χ0n) is 18.2. The SMILES string of the molecule is CC1(c2cc(-c3cc(-c4ccc(C(=O)O)cc4)[nH]n3)ccc2OCC(F)(F)F)CCCCC1. The fraction of sp³-hybridized carbons (Fsp3) is 0.360. The van der Waals surface area contributed by atoms with Gasteiger partial charge in [0, 0.05) is 11.1 Å². The third-order valence-electron chi connectivity index (χ3n) is 6.29. The lowest BCUT2D eigenvalue weighted by Crippen LogP contribution is -2.27. The summed E-state index contributed by atoms with van der Waals surface area (Å²) in [5, 5.41) is 16.4. The van der Waals surface area contributed by atoms with Crippen LogP contribution in [0.4, 0.5) is 13.2 Å². The van der Waals surface area contributed by atoms with Crippen molar-refractivity contribution in [2.24, 2.45) is 0 Å². The van der Waals surface area contributed by atoms with Crippen LogP contribution in [0, 0.1) is 0 Å². The topological polar surface area (TPSA) is 75.2 Å². The van der Waals surface area contributed by atoms with Gasteiger partial charge in [0.15, 0.2) is 6.61 Å². The van der Waals surface area contributed by atoms with Gasteiger partial charge in [0.1, 0.15) is 5.75 Å². The molecule has 0 saturated heterocycles. The smallest absolute Gasteiger partial charge is 0.422 e. The van der Waals surface area contributed by atoms with E-state index in [9.17, 15) is 18.0 Å². The van der Waals surface area contributed by atoms with Crippen LogP contribution < -0.4 is 4.74 Å². The summed E-state index contributed by atoms with van der Waals surface area (Å²) in [5.74, 6) is -0.732. The van der Waals surface area contributed by atoms with Crippen LogP contribution >= 0.6 is 0 Å². The Hall–Kier alpha value is -3.29. The molecule has 0 amide bonds. The van der Waals surface area contributed by atoms with Gasteiger partial charge in [-0.25, -0.2) is 4.79 Å². The Labute approximate surface area is 189 Å². The molecule has 5 nitrogen and oxygen atoms in total. The number of alkyl halides is 3. The standard InChI is InChI=1S/C25H25F3N2O3/c1-24(11-3-2-4-12-24)19-13-18(9-10-22(19)33-15-25(26,27)28)21-14-20(29-30-21)16-5-7-17(8-6-16)23(31)32/h5-10,13-14H,2-4,11-12,15H2,1H3,(H,29,30)(H,31,32). The number of H-pyrrole nitrogens is 1. The summed E-state index contributed by atoms with van der Waals surface area (Å²) in [6, 6.07) is 13.5. The van der Waals surface area contributed by atoms with Gasteiger partial charge in [0.05, 0.1) is 17.0 Å². The minimum Gasteiger partial charge on any atom is -0.484 e. The molecule has 0 unspecified atom stereocenters. The largest absolute Gasteiger partial charge is 0.484 e. The Bertz CT molecular complexity index is 1130. The maximum atomic E-state index is 12.8. The number of carboxylic acid groups (broad SMARTS) is 1. The number of benzene rings is 2. The average molecular weight is 458 g/mol. The minimum absolute atomic E-state index is 0.193. The van der Waals surface area contributed by atoms with Crippen molar-refractivity contribution in [1.29, 1.82) is 0 Å². The normalized spacial score (nSPS) is 15.9. The first kappa shape index (κ1) is 22.9. The van der Waals surface area contributed by atoms with E-state index in [0.29, 0.717) is 11.4 Å². The van der Waals surface area contributed by atoms with E-state index in [2.05, 4.69) is 17.1 Å². The molecule has 1 aliphatic rings. The third-order valence-corrected chi connectivity index (χ3v) is 6.29. The van der Waals surface area contributed by atoms with Crippen LogP contribution in [0.25, 0.3) is 22.5 Å². The second-order valence-corrected chi connectivity index (χ2v) is 8.79. The summed E-state index contributed by atoms with van der Waals surface area (Å²) >= 11 is 0. The maximum Gasteiger partial charge on any atom is 0.422 e. The number of aromatic carboxylic acids is 1. The Morgan fingerprint density at radius 3 is 2.36 bits per heavy atom. The van der Waals surface area contributed by atoms with E-state index in [1.165, 1.54) is 12.1 Å². The zero-order valence-corrected chi connectivity index (χ0v) is 18.2. The Balaban J connectivity index is 1.67. The lowest BCUT2D eigenvalue weighted by molar-refractivity contribution is -0.153. The highest BCUT2D eigenvalue weighted by molar-refractivity contribution is 5.88. The minimum atomic E-state index is -4.41. The van der Waals surface area contributed by atoms with E-state index < -0.39 is 18.8 Å². The monoisotopic (exact) mass is 458 g/mol. The summed E-state index contributed by atoms with van der Waals surface area (Å²) in [4.78, 5) is 11.1. The first-order valence-corrected chi connectivity index (χ1v) is 10.9. The van der Waals surface area contributed by atoms with Crippen molar-refractivity contribution in [2.45, 2.75) is 50.6 Å². The summed E-state index contributed by atoms with van der Waals surface area (Å²) < 4.78 is 43.7. The van der Waals surface area contributed by atoms with Crippen molar-refractivity contribution in [3.05, 3.63) is 59.7 Å². The summed E-state index contributed by atoms with van der Waals surface area (Å²) in [7, 11) is 0. The molecule has 1 aromatic heterocycles. The predicted molar refractivity (Wildman–Crippen MR) is 118 cm³/mol.